The third kappa shape index (κ3) is 4.54. The van der Waals surface area contributed by atoms with Gasteiger partial charge in [0.2, 0.25) is 5.91 Å². The summed E-state index contributed by atoms with van der Waals surface area (Å²) >= 11 is 0. The first-order valence-corrected chi connectivity index (χ1v) is 12.6. The first kappa shape index (κ1) is 22.5. The molecule has 2 aliphatic rings. The normalized spacial score (nSPS) is 20.1. The Hall–Kier alpha value is -3.27. The van der Waals surface area contributed by atoms with E-state index in [0.29, 0.717) is 0 Å². The maximum Gasteiger partial charge on any atom is 0.224 e. The molecule has 2 atom stereocenters. The smallest absolute Gasteiger partial charge is 0.224 e. The van der Waals surface area contributed by atoms with Gasteiger partial charge in [0.05, 0.1) is 6.04 Å². The molecule has 0 aromatic heterocycles. The summed E-state index contributed by atoms with van der Waals surface area (Å²) in [5, 5.41) is 3.74. The van der Waals surface area contributed by atoms with Crippen LogP contribution in [0.4, 0.5) is 17.1 Å². The van der Waals surface area contributed by atoms with Gasteiger partial charge in [-0.05, 0) is 92.6 Å². The van der Waals surface area contributed by atoms with Crippen molar-refractivity contribution in [2.24, 2.45) is 0 Å². The Morgan fingerprint density at radius 3 is 2.24 bits per heavy atom. The van der Waals surface area contributed by atoms with Crippen LogP contribution in [0.2, 0.25) is 0 Å². The fraction of sp³-hybridized carbons (Fsp3) is 0.367. The highest BCUT2D eigenvalue weighted by atomic mass is 16.2. The van der Waals surface area contributed by atoms with Crippen molar-refractivity contribution in [3.63, 3.8) is 0 Å². The fourth-order valence-corrected chi connectivity index (χ4v) is 5.53. The third-order valence-corrected chi connectivity index (χ3v) is 7.33. The van der Waals surface area contributed by atoms with Crippen LogP contribution in [0, 0.1) is 6.92 Å². The predicted molar refractivity (Wildman–Crippen MR) is 143 cm³/mol. The molecule has 3 aromatic carbocycles. The molecule has 0 radical (unpaired) electrons. The van der Waals surface area contributed by atoms with Gasteiger partial charge >= 0.3 is 0 Å². The first-order chi connectivity index (χ1) is 16.5. The van der Waals surface area contributed by atoms with Crippen LogP contribution < -0.4 is 15.1 Å². The molecule has 2 heterocycles. The summed E-state index contributed by atoms with van der Waals surface area (Å²) in [6, 6.07) is 24.4. The summed E-state index contributed by atoms with van der Waals surface area (Å²) in [6.07, 6.45) is 4.79. The zero-order valence-corrected chi connectivity index (χ0v) is 20.6. The number of anilines is 3. The average molecular weight is 454 g/mol. The van der Waals surface area contributed by atoms with E-state index in [9.17, 15) is 4.79 Å². The number of hydrogen-bond donors (Lipinski definition) is 1. The van der Waals surface area contributed by atoms with Crippen LogP contribution in [0.5, 0.6) is 0 Å². The highest BCUT2D eigenvalue weighted by Crippen LogP contribution is 2.41. The quantitative estimate of drug-likeness (QED) is 0.464. The van der Waals surface area contributed by atoms with E-state index >= 15 is 0 Å². The lowest BCUT2D eigenvalue weighted by molar-refractivity contribution is -0.117. The molecule has 1 fully saturated rings. The lowest BCUT2D eigenvalue weighted by atomic mass is 9.88. The summed E-state index contributed by atoms with van der Waals surface area (Å²) in [5.74, 6) is 0.0983. The van der Waals surface area contributed by atoms with Crippen molar-refractivity contribution in [1.29, 1.82) is 0 Å². The molecule has 1 amide bonds. The minimum Gasteiger partial charge on any atom is -0.378 e. The average Bonchev–Trinajstić information content (AvgIpc) is 2.85. The number of fused-ring (bicyclic) bond motifs is 1. The second-order valence-electron chi connectivity index (χ2n) is 9.90. The summed E-state index contributed by atoms with van der Waals surface area (Å²) in [5.41, 5.74) is 8.29. The van der Waals surface area contributed by atoms with Crippen LogP contribution in [0.3, 0.4) is 0 Å². The number of carbonyl (C=O) groups is 1. The molecule has 176 valence electrons. The van der Waals surface area contributed by atoms with E-state index < -0.39 is 0 Å². The second-order valence-corrected chi connectivity index (χ2v) is 9.90. The van der Waals surface area contributed by atoms with E-state index in [1.165, 1.54) is 47.2 Å². The molecule has 3 aromatic rings. The number of hydrogen-bond acceptors (Lipinski definition) is 3. The van der Waals surface area contributed by atoms with Crippen LogP contribution in [-0.4, -0.2) is 25.0 Å². The van der Waals surface area contributed by atoms with Crippen LogP contribution >= 0.6 is 0 Å². The van der Waals surface area contributed by atoms with Crippen molar-refractivity contribution in [3.8, 4) is 11.1 Å². The largest absolute Gasteiger partial charge is 0.378 e. The topological polar surface area (TPSA) is 35.6 Å². The maximum absolute atomic E-state index is 12.5. The van der Waals surface area contributed by atoms with Crippen molar-refractivity contribution in [2.45, 2.75) is 58.5 Å². The number of nitrogens with zero attached hydrogens (tertiary/aromatic N) is 2. The number of amides is 1. The Labute approximate surface area is 203 Å². The van der Waals surface area contributed by atoms with Crippen LogP contribution in [-0.2, 0) is 4.79 Å². The number of rotatable bonds is 4. The van der Waals surface area contributed by atoms with E-state index in [0.717, 1.165) is 30.9 Å². The number of aryl methyl sites for hydroxylation is 1. The molecule has 4 nitrogen and oxygen atoms in total. The van der Waals surface area contributed by atoms with Crippen molar-refractivity contribution in [2.75, 3.05) is 28.2 Å². The Bertz CT molecular complexity index is 1150. The maximum atomic E-state index is 12.5. The van der Waals surface area contributed by atoms with Crippen LogP contribution in [0.15, 0.2) is 66.7 Å². The molecule has 1 N–H and O–H groups in total. The zero-order valence-electron chi connectivity index (χ0n) is 20.6. The summed E-state index contributed by atoms with van der Waals surface area (Å²) < 4.78 is 0. The molecule has 0 aliphatic carbocycles. The lowest BCUT2D eigenvalue weighted by Gasteiger charge is -2.39. The van der Waals surface area contributed by atoms with Gasteiger partial charge in [0.15, 0.2) is 0 Å². The summed E-state index contributed by atoms with van der Waals surface area (Å²) in [4.78, 5) is 17.0. The molecular weight excluding hydrogens is 418 g/mol. The van der Waals surface area contributed by atoms with E-state index in [4.69, 9.17) is 0 Å². The van der Waals surface area contributed by atoms with E-state index in [1.54, 1.807) is 6.92 Å². The van der Waals surface area contributed by atoms with Crippen molar-refractivity contribution < 1.29 is 4.79 Å². The van der Waals surface area contributed by atoms with Crippen molar-refractivity contribution in [1.82, 2.24) is 0 Å². The molecule has 4 heteroatoms. The van der Waals surface area contributed by atoms with Gasteiger partial charge in [-0.15, -0.1) is 0 Å². The molecule has 0 spiro atoms. The van der Waals surface area contributed by atoms with Gasteiger partial charge in [0.25, 0.3) is 0 Å². The van der Waals surface area contributed by atoms with Gasteiger partial charge < -0.3 is 15.1 Å². The molecule has 2 aliphatic heterocycles. The summed E-state index contributed by atoms with van der Waals surface area (Å²) in [7, 11) is 0. The Morgan fingerprint density at radius 1 is 0.882 bits per heavy atom. The number of piperidine rings is 1. The van der Waals surface area contributed by atoms with Crippen molar-refractivity contribution >= 4 is 23.0 Å². The molecular formula is C30H35N3O. The Kier molecular flexibility index (Phi) is 6.32. The second kappa shape index (κ2) is 9.54. The summed E-state index contributed by atoms with van der Waals surface area (Å²) in [6.45, 7) is 8.23. The number of nitrogens with one attached hydrogen (secondary N) is 1. The van der Waals surface area contributed by atoms with Gasteiger partial charge in [0, 0.05) is 43.1 Å². The standard InChI is InChI=1S/C30H35N3O/c1-21-7-12-26(13-8-21)31-29-19-22(2)33(23(3)34)30-16-11-25(20-28(29)30)24-9-14-27(15-10-24)32-17-5-4-6-18-32/h7-16,20,22,29,31H,4-6,17-19H2,1-3H3/t22-,29+/m1/s1. The number of benzene rings is 3. The van der Waals surface area contributed by atoms with Crippen LogP contribution in [0.1, 0.15) is 56.7 Å². The first-order valence-electron chi connectivity index (χ1n) is 12.6. The van der Waals surface area contributed by atoms with Gasteiger partial charge in [-0.3, -0.25) is 4.79 Å². The molecule has 0 saturated carbocycles. The molecule has 5 rings (SSSR count). The minimum absolute atomic E-state index is 0.0983. The Morgan fingerprint density at radius 2 is 1.56 bits per heavy atom. The van der Waals surface area contributed by atoms with Gasteiger partial charge in [-0.1, -0.05) is 35.9 Å². The number of carbonyl (C=O) groups excluding carboxylic acids is 1. The van der Waals surface area contributed by atoms with Crippen molar-refractivity contribution in [3.05, 3.63) is 77.9 Å². The molecule has 0 unspecified atom stereocenters. The van der Waals surface area contributed by atoms with E-state index in [2.05, 4.69) is 90.8 Å². The molecule has 0 bridgehead atoms. The molecule has 1 saturated heterocycles. The van der Waals surface area contributed by atoms with E-state index in [1.807, 2.05) is 4.90 Å². The highest BCUT2D eigenvalue weighted by molar-refractivity contribution is 5.94. The fourth-order valence-electron chi connectivity index (χ4n) is 5.53. The van der Waals surface area contributed by atoms with Crippen LogP contribution in [0.25, 0.3) is 11.1 Å². The Balaban J connectivity index is 1.47. The lowest BCUT2D eigenvalue weighted by Crippen LogP contribution is -2.43. The third-order valence-electron chi connectivity index (χ3n) is 7.33. The molecule has 34 heavy (non-hydrogen) atoms. The van der Waals surface area contributed by atoms with Gasteiger partial charge in [0.1, 0.15) is 0 Å². The zero-order chi connectivity index (χ0) is 23.7. The highest BCUT2D eigenvalue weighted by Gasteiger charge is 2.32. The van der Waals surface area contributed by atoms with E-state index in [-0.39, 0.29) is 18.0 Å². The minimum atomic E-state index is 0.0983. The van der Waals surface area contributed by atoms with Gasteiger partial charge in [-0.2, -0.15) is 0 Å². The predicted octanol–water partition coefficient (Wildman–Crippen LogP) is 6.95. The SMILES string of the molecule is CC(=O)N1c2ccc(-c3ccc(N4CCCCC4)cc3)cc2[C@@H](Nc2ccc(C)cc2)C[C@H]1C. The monoisotopic (exact) mass is 453 g/mol. The van der Waals surface area contributed by atoms with Gasteiger partial charge in [-0.25, -0.2) is 0 Å².